The Hall–Kier alpha value is -3.40. The molecular weight excluding hydrogens is 536 g/mol. The number of amides is 1. The highest BCUT2D eigenvalue weighted by Gasteiger charge is 2.50. The molecule has 0 radical (unpaired) electrons. The van der Waals surface area contributed by atoms with Crippen molar-refractivity contribution in [2.24, 2.45) is 0 Å². The first-order valence-corrected chi connectivity index (χ1v) is 15.9. The van der Waals surface area contributed by atoms with E-state index in [1.165, 1.54) is 4.31 Å². The second-order valence-corrected chi connectivity index (χ2v) is 12.6. The van der Waals surface area contributed by atoms with E-state index < -0.39 is 15.6 Å². The van der Waals surface area contributed by atoms with E-state index in [9.17, 15) is 13.2 Å². The van der Waals surface area contributed by atoms with Gasteiger partial charge in [0.15, 0.2) is 0 Å². The fraction of sp³-hybridized carbons (Fsp3) is 0.406. The zero-order valence-corrected chi connectivity index (χ0v) is 24.8. The summed E-state index contributed by atoms with van der Waals surface area (Å²) < 4.78 is 33.8. The van der Waals surface area contributed by atoms with Gasteiger partial charge in [-0.15, -0.1) is 0 Å². The van der Waals surface area contributed by atoms with Gasteiger partial charge in [0.05, 0.1) is 11.6 Å². The quantitative estimate of drug-likeness (QED) is 0.370. The molecule has 0 aliphatic carbocycles. The normalized spacial score (nSPS) is 17.2. The Kier molecular flexibility index (Phi) is 8.97. The average molecular weight is 577 g/mol. The van der Waals surface area contributed by atoms with E-state index in [1.54, 1.807) is 12.1 Å². The maximum Gasteiger partial charge on any atom is 0.247 e. The van der Waals surface area contributed by atoms with E-state index in [2.05, 4.69) is 27.2 Å². The van der Waals surface area contributed by atoms with Crippen molar-refractivity contribution in [3.05, 3.63) is 90.0 Å². The highest BCUT2D eigenvalue weighted by molar-refractivity contribution is 7.89. The van der Waals surface area contributed by atoms with Gasteiger partial charge >= 0.3 is 0 Å². The third-order valence-electron chi connectivity index (χ3n) is 8.36. The summed E-state index contributed by atoms with van der Waals surface area (Å²) in [4.78, 5) is 17.8. The molecule has 3 aromatic rings. The number of nitrogens with zero attached hydrogens (tertiary/aromatic N) is 3. The van der Waals surface area contributed by atoms with Crippen molar-refractivity contribution in [1.82, 2.24) is 14.5 Å². The molecule has 0 unspecified atom stereocenters. The number of carbonyl (C=O) groups is 1. The lowest BCUT2D eigenvalue weighted by atomic mass is 9.85. The van der Waals surface area contributed by atoms with Gasteiger partial charge in [0.1, 0.15) is 17.9 Å². The molecule has 2 fully saturated rings. The standard InChI is InChI=1S/C32H40N4O4S/c1-3-35(4-2)41(38,39)29-15-10-11-26(24-29)23-27-12-8-9-16-30(27)40-22-21-34-19-17-32(18-20-34)31(37)33-25-36(32)28-13-6-5-7-14-28/h5-16,24H,3-4,17-23,25H2,1-2H3,(H,33,37). The van der Waals surface area contributed by atoms with Crippen molar-refractivity contribution < 1.29 is 17.9 Å². The number of nitrogens with one attached hydrogen (secondary N) is 1. The molecule has 218 valence electrons. The van der Waals surface area contributed by atoms with E-state index >= 15 is 0 Å². The van der Waals surface area contributed by atoms with Crippen LogP contribution in [0.15, 0.2) is 83.8 Å². The number of sulfonamides is 1. The highest BCUT2D eigenvalue weighted by atomic mass is 32.2. The second-order valence-electron chi connectivity index (χ2n) is 10.7. The lowest BCUT2D eigenvalue weighted by Crippen LogP contribution is -2.56. The first-order valence-electron chi connectivity index (χ1n) is 14.5. The number of hydrogen-bond acceptors (Lipinski definition) is 6. The van der Waals surface area contributed by atoms with Crippen LogP contribution in [0.25, 0.3) is 0 Å². The Bertz CT molecular complexity index is 1430. The minimum atomic E-state index is -3.52. The van der Waals surface area contributed by atoms with E-state index in [4.69, 9.17) is 4.74 Å². The van der Waals surface area contributed by atoms with Crippen molar-refractivity contribution in [2.75, 3.05) is 50.9 Å². The van der Waals surface area contributed by atoms with Crippen LogP contribution in [-0.2, 0) is 21.2 Å². The van der Waals surface area contributed by atoms with Crippen LogP contribution in [-0.4, -0.2) is 75.1 Å². The number of benzene rings is 3. The molecule has 2 saturated heterocycles. The largest absolute Gasteiger partial charge is 0.492 e. The van der Waals surface area contributed by atoms with Crippen LogP contribution in [0.1, 0.15) is 37.8 Å². The number of rotatable bonds is 11. The third-order valence-corrected chi connectivity index (χ3v) is 10.4. The van der Waals surface area contributed by atoms with E-state index in [0.29, 0.717) is 37.7 Å². The summed E-state index contributed by atoms with van der Waals surface area (Å²) in [6.45, 7) is 8.10. The lowest BCUT2D eigenvalue weighted by molar-refractivity contribution is -0.125. The Balaban J connectivity index is 1.18. The molecule has 0 saturated carbocycles. The van der Waals surface area contributed by atoms with Gasteiger partial charge in [-0.05, 0) is 54.3 Å². The molecule has 0 bridgehead atoms. The second kappa shape index (κ2) is 12.6. The number of hydrogen-bond donors (Lipinski definition) is 1. The first-order chi connectivity index (χ1) is 19.9. The zero-order chi connectivity index (χ0) is 28.9. The maximum atomic E-state index is 13.0. The van der Waals surface area contributed by atoms with Crippen molar-refractivity contribution in [2.45, 2.75) is 43.5 Å². The summed E-state index contributed by atoms with van der Waals surface area (Å²) in [6, 6.07) is 25.3. The van der Waals surface area contributed by atoms with Crippen LogP contribution in [0.3, 0.4) is 0 Å². The summed E-state index contributed by atoms with van der Waals surface area (Å²) in [5.74, 6) is 0.934. The molecule has 1 spiro atoms. The zero-order valence-electron chi connectivity index (χ0n) is 24.0. The van der Waals surface area contributed by atoms with Crippen molar-refractivity contribution >= 4 is 21.6 Å². The molecule has 3 aromatic carbocycles. The van der Waals surface area contributed by atoms with Crippen LogP contribution in [0.5, 0.6) is 5.75 Å². The van der Waals surface area contributed by atoms with Gasteiger partial charge in [-0.25, -0.2) is 8.42 Å². The molecule has 0 atom stereocenters. The third kappa shape index (κ3) is 6.12. The molecule has 2 aliphatic heterocycles. The van der Waals surface area contributed by atoms with Crippen LogP contribution in [0.2, 0.25) is 0 Å². The van der Waals surface area contributed by atoms with Crippen molar-refractivity contribution in [1.29, 1.82) is 0 Å². The topological polar surface area (TPSA) is 82.2 Å². The van der Waals surface area contributed by atoms with Crippen LogP contribution in [0, 0.1) is 0 Å². The Morgan fingerprint density at radius 2 is 1.63 bits per heavy atom. The van der Waals surface area contributed by atoms with Gasteiger partial charge in [0, 0.05) is 44.8 Å². The summed E-state index contributed by atoms with van der Waals surface area (Å²) >= 11 is 0. The van der Waals surface area contributed by atoms with Crippen molar-refractivity contribution in [3.63, 3.8) is 0 Å². The number of ether oxygens (including phenoxy) is 1. The molecule has 0 aromatic heterocycles. The molecule has 2 aliphatic rings. The van der Waals surface area contributed by atoms with Gasteiger partial charge in [-0.3, -0.25) is 9.69 Å². The predicted molar refractivity (Wildman–Crippen MR) is 162 cm³/mol. The maximum absolute atomic E-state index is 13.0. The number of carbonyl (C=O) groups excluding carboxylic acids is 1. The number of anilines is 1. The van der Waals surface area contributed by atoms with Crippen LogP contribution in [0.4, 0.5) is 5.69 Å². The Labute approximate surface area is 244 Å². The minimum absolute atomic E-state index is 0.125. The minimum Gasteiger partial charge on any atom is -0.492 e. The van der Waals surface area contributed by atoms with Gasteiger partial charge in [0.25, 0.3) is 0 Å². The fourth-order valence-electron chi connectivity index (χ4n) is 6.00. The highest BCUT2D eigenvalue weighted by Crippen LogP contribution is 2.36. The average Bonchev–Trinajstić information content (AvgIpc) is 3.31. The number of piperidine rings is 1. The molecule has 9 heteroatoms. The van der Waals surface area contributed by atoms with Gasteiger partial charge in [0.2, 0.25) is 15.9 Å². The number of para-hydroxylation sites is 2. The van der Waals surface area contributed by atoms with E-state index in [-0.39, 0.29) is 5.91 Å². The van der Waals surface area contributed by atoms with E-state index in [1.807, 2.05) is 68.4 Å². The van der Waals surface area contributed by atoms with Crippen LogP contribution >= 0.6 is 0 Å². The summed E-state index contributed by atoms with van der Waals surface area (Å²) in [5, 5.41) is 3.07. The summed E-state index contributed by atoms with van der Waals surface area (Å²) in [6.07, 6.45) is 2.13. The van der Waals surface area contributed by atoms with E-state index in [0.717, 1.165) is 55.0 Å². The fourth-order valence-corrected chi connectivity index (χ4v) is 7.53. The Morgan fingerprint density at radius 3 is 2.37 bits per heavy atom. The lowest BCUT2D eigenvalue weighted by Gasteiger charge is -2.43. The van der Waals surface area contributed by atoms with Gasteiger partial charge in [-0.1, -0.05) is 62.4 Å². The predicted octanol–water partition coefficient (Wildman–Crippen LogP) is 4.12. The van der Waals surface area contributed by atoms with Gasteiger partial charge in [-0.2, -0.15) is 4.31 Å². The SMILES string of the molecule is CCN(CC)S(=O)(=O)c1cccc(Cc2ccccc2OCCN2CCC3(CC2)C(=O)NCN3c2ccccc2)c1. The molecule has 8 nitrogen and oxygen atoms in total. The molecule has 5 rings (SSSR count). The van der Waals surface area contributed by atoms with Gasteiger partial charge < -0.3 is 15.0 Å². The molecule has 1 N–H and O–H groups in total. The summed E-state index contributed by atoms with van der Waals surface area (Å²) in [7, 11) is -3.52. The Morgan fingerprint density at radius 1 is 0.927 bits per heavy atom. The van der Waals surface area contributed by atoms with Crippen molar-refractivity contribution in [3.8, 4) is 5.75 Å². The molecule has 2 heterocycles. The molecule has 41 heavy (non-hydrogen) atoms. The molecule has 1 amide bonds. The monoisotopic (exact) mass is 576 g/mol. The van der Waals surface area contributed by atoms with Crippen LogP contribution < -0.4 is 15.0 Å². The summed E-state index contributed by atoms with van der Waals surface area (Å²) in [5.41, 5.74) is 2.53. The smallest absolute Gasteiger partial charge is 0.247 e. The number of likely N-dealkylation sites (tertiary alicyclic amines) is 1. The first kappa shape index (κ1) is 29.1. The molecular formula is C32H40N4O4S.